The lowest BCUT2D eigenvalue weighted by Gasteiger charge is -2.29. The molecule has 0 bridgehead atoms. The molecule has 0 radical (unpaired) electrons. The Morgan fingerprint density at radius 3 is 1.78 bits per heavy atom. The highest BCUT2D eigenvalue weighted by atomic mass is 19.1. The standard InChI is InChI=1S/C34H41F2N3O7/c1-18(2)15-25(39-33(41)30-31(46-34(42)19(3)4)28(45-8)13-14-37-30)32(40)38-20(5)29(21-9-11-26(43-6)23(35)16-21)22-10-12-27(44-7)24(36)17-22/h9-14,16-20,25,29H,15H2,1-8H3,(H,38,40)(H,39,41)/t20-,25-/m0/s1. The highest BCUT2D eigenvalue weighted by Crippen LogP contribution is 2.34. The highest BCUT2D eigenvalue weighted by molar-refractivity contribution is 5.99. The summed E-state index contributed by atoms with van der Waals surface area (Å²) in [5.74, 6) is -4.34. The van der Waals surface area contributed by atoms with E-state index in [-0.39, 0.29) is 41.0 Å². The van der Waals surface area contributed by atoms with Gasteiger partial charge in [0.25, 0.3) is 5.91 Å². The molecule has 2 amide bonds. The van der Waals surface area contributed by atoms with Gasteiger partial charge in [0, 0.05) is 24.2 Å². The molecule has 0 aliphatic rings. The number of amides is 2. The molecule has 3 rings (SSSR count). The number of carbonyl (C=O) groups excluding carboxylic acids is 3. The fraction of sp³-hybridized carbons (Fsp3) is 0.412. The fourth-order valence-electron chi connectivity index (χ4n) is 4.93. The average molecular weight is 642 g/mol. The lowest BCUT2D eigenvalue weighted by Crippen LogP contribution is -2.51. The zero-order valence-corrected chi connectivity index (χ0v) is 27.3. The lowest BCUT2D eigenvalue weighted by atomic mass is 9.85. The first-order valence-electron chi connectivity index (χ1n) is 14.8. The first-order chi connectivity index (χ1) is 21.8. The van der Waals surface area contributed by atoms with E-state index in [9.17, 15) is 23.2 Å². The Balaban J connectivity index is 1.96. The van der Waals surface area contributed by atoms with E-state index in [0.29, 0.717) is 11.1 Å². The maximum absolute atomic E-state index is 14.8. The molecule has 2 atom stereocenters. The third kappa shape index (κ3) is 8.70. The molecule has 0 saturated heterocycles. The molecule has 0 saturated carbocycles. The number of benzene rings is 2. The number of hydrogen-bond acceptors (Lipinski definition) is 8. The van der Waals surface area contributed by atoms with Crippen LogP contribution in [0.5, 0.6) is 23.0 Å². The minimum absolute atomic E-state index is 0.0231. The molecule has 3 aromatic rings. The van der Waals surface area contributed by atoms with Gasteiger partial charge in [-0.15, -0.1) is 0 Å². The van der Waals surface area contributed by atoms with Crippen LogP contribution in [0, 0.1) is 23.5 Å². The van der Waals surface area contributed by atoms with Crippen molar-refractivity contribution in [2.45, 2.75) is 59.0 Å². The summed E-state index contributed by atoms with van der Waals surface area (Å²) >= 11 is 0. The van der Waals surface area contributed by atoms with Crippen LogP contribution >= 0.6 is 0 Å². The first-order valence-corrected chi connectivity index (χ1v) is 14.8. The second-order valence-corrected chi connectivity index (χ2v) is 11.5. The molecule has 12 heteroatoms. The quantitative estimate of drug-likeness (QED) is 0.224. The Hall–Kier alpha value is -4.74. The maximum Gasteiger partial charge on any atom is 0.313 e. The number of nitrogens with one attached hydrogen (secondary N) is 2. The monoisotopic (exact) mass is 641 g/mol. The number of methoxy groups -OCH3 is 3. The van der Waals surface area contributed by atoms with Crippen LogP contribution in [-0.2, 0) is 9.59 Å². The van der Waals surface area contributed by atoms with E-state index >= 15 is 0 Å². The molecular weight excluding hydrogens is 600 g/mol. The largest absolute Gasteiger partial charge is 0.494 e. The zero-order chi connectivity index (χ0) is 34.1. The molecule has 0 fully saturated rings. The Kier molecular flexibility index (Phi) is 12.4. The molecule has 0 aliphatic carbocycles. The van der Waals surface area contributed by atoms with Gasteiger partial charge in [-0.1, -0.05) is 39.8 Å². The van der Waals surface area contributed by atoms with Gasteiger partial charge in [-0.2, -0.15) is 0 Å². The van der Waals surface area contributed by atoms with Crippen LogP contribution in [0.1, 0.15) is 68.6 Å². The average Bonchev–Trinajstić information content (AvgIpc) is 3.00. The summed E-state index contributed by atoms with van der Waals surface area (Å²) in [7, 11) is 4.05. The van der Waals surface area contributed by atoms with Crippen molar-refractivity contribution in [3.8, 4) is 23.0 Å². The second-order valence-electron chi connectivity index (χ2n) is 11.5. The van der Waals surface area contributed by atoms with Crippen molar-refractivity contribution in [3.05, 3.63) is 77.1 Å². The van der Waals surface area contributed by atoms with Crippen molar-refractivity contribution < 1.29 is 42.1 Å². The van der Waals surface area contributed by atoms with E-state index in [1.165, 1.54) is 57.9 Å². The van der Waals surface area contributed by atoms with Gasteiger partial charge in [0.05, 0.1) is 27.2 Å². The van der Waals surface area contributed by atoms with Crippen LogP contribution < -0.4 is 29.6 Å². The molecule has 248 valence electrons. The number of hydrogen-bond donors (Lipinski definition) is 2. The van der Waals surface area contributed by atoms with Crippen molar-refractivity contribution in [1.29, 1.82) is 0 Å². The first kappa shape index (κ1) is 35.7. The summed E-state index contributed by atoms with van der Waals surface area (Å²) in [6.07, 6.45) is 1.57. The second kappa shape index (κ2) is 16.0. The van der Waals surface area contributed by atoms with Crippen LogP contribution in [0.25, 0.3) is 0 Å². The third-order valence-corrected chi connectivity index (χ3v) is 7.25. The third-order valence-electron chi connectivity index (χ3n) is 7.25. The number of nitrogens with zero attached hydrogens (tertiary/aromatic N) is 1. The van der Waals surface area contributed by atoms with Gasteiger partial charge in [0.15, 0.2) is 34.6 Å². The Morgan fingerprint density at radius 1 is 0.783 bits per heavy atom. The maximum atomic E-state index is 14.8. The van der Waals surface area contributed by atoms with E-state index < -0.39 is 53.3 Å². The summed E-state index contributed by atoms with van der Waals surface area (Å²) in [6.45, 7) is 8.76. The fourth-order valence-corrected chi connectivity index (χ4v) is 4.93. The molecule has 10 nitrogen and oxygen atoms in total. The molecule has 2 aromatic carbocycles. The predicted octanol–water partition coefficient (Wildman–Crippen LogP) is 5.43. The van der Waals surface area contributed by atoms with Gasteiger partial charge in [-0.3, -0.25) is 14.4 Å². The van der Waals surface area contributed by atoms with Crippen molar-refractivity contribution in [2.24, 2.45) is 11.8 Å². The van der Waals surface area contributed by atoms with Crippen LogP contribution in [0.4, 0.5) is 8.78 Å². The smallest absolute Gasteiger partial charge is 0.313 e. The molecule has 1 heterocycles. The molecule has 0 unspecified atom stereocenters. The zero-order valence-electron chi connectivity index (χ0n) is 27.3. The Labute approximate surface area is 267 Å². The van der Waals surface area contributed by atoms with E-state index in [1.807, 2.05) is 13.8 Å². The van der Waals surface area contributed by atoms with Gasteiger partial charge in [0.1, 0.15) is 6.04 Å². The van der Waals surface area contributed by atoms with E-state index in [1.54, 1.807) is 32.9 Å². The molecule has 0 aliphatic heterocycles. The summed E-state index contributed by atoms with van der Waals surface area (Å²) in [4.78, 5) is 43.8. The van der Waals surface area contributed by atoms with Crippen LogP contribution in [-0.4, -0.2) is 56.2 Å². The van der Waals surface area contributed by atoms with Gasteiger partial charge in [-0.25, -0.2) is 13.8 Å². The van der Waals surface area contributed by atoms with Crippen molar-refractivity contribution in [3.63, 3.8) is 0 Å². The van der Waals surface area contributed by atoms with Crippen LogP contribution in [0.2, 0.25) is 0 Å². The minimum atomic E-state index is -1.04. The van der Waals surface area contributed by atoms with Crippen LogP contribution in [0.3, 0.4) is 0 Å². The van der Waals surface area contributed by atoms with E-state index in [2.05, 4.69) is 15.6 Å². The molecular formula is C34H41F2N3O7. The number of halogens is 2. The molecule has 1 aromatic heterocycles. The van der Waals surface area contributed by atoms with Gasteiger partial charge >= 0.3 is 5.97 Å². The minimum Gasteiger partial charge on any atom is -0.494 e. The molecule has 2 N–H and O–H groups in total. The van der Waals surface area contributed by atoms with E-state index in [4.69, 9.17) is 18.9 Å². The van der Waals surface area contributed by atoms with Crippen molar-refractivity contribution in [1.82, 2.24) is 15.6 Å². The number of carbonyl (C=O) groups is 3. The topological polar surface area (TPSA) is 125 Å². The predicted molar refractivity (Wildman–Crippen MR) is 167 cm³/mol. The highest BCUT2D eigenvalue weighted by Gasteiger charge is 2.31. The summed E-state index contributed by atoms with van der Waals surface area (Å²) in [5, 5.41) is 5.65. The lowest BCUT2D eigenvalue weighted by molar-refractivity contribution is -0.137. The van der Waals surface area contributed by atoms with E-state index in [0.717, 1.165) is 0 Å². The number of ether oxygens (including phenoxy) is 4. The summed E-state index contributed by atoms with van der Waals surface area (Å²) in [5.41, 5.74) is 0.679. The van der Waals surface area contributed by atoms with Gasteiger partial charge in [-0.05, 0) is 54.7 Å². The summed E-state index contributed by atoms with van der Waals surface area (Å²) in [6, 6.07) is 8.43. The van der Waals surface area contributed by atoms with Crippen molar-refractivity contribution in [2.75, 3.05) is 21.3 Å². The number of pyridine rings is 1. The van der Waals surface area contributed by atoms with Gasteiger partial charge in [0.2, 0.25) is 11.7 Å². The summed E-state index contributed by atoms with van der Waals surface area (Å²) < 4.78 is 50.5. The number of esters is 1. The number of rotatable bonds is 14. The molecule has 0 spiro atoms. The van der Waals surface area contributed by atoms with Crippen LogP contribution in [0.15, 0.2) is 48.7 Å². The van der Waals surface area contributed by atoms with Crippen molar-refractivity contribution >= 4 is 17.8 Å². The molecule has 46 heavy (non-hydrogen) atoms. The number of aromatic nitrogens is 1. The normalized spacial score (nSPS) is 12.5. The SMILES string of the molecule is COc1ccc(C(c2ccc(OC)c(F)c2)[C@H](C)NC(=O)[C@H](CC(C)C)NC(=O)c2nccc(OC)c2OC(=O)C(C)C)cc1F. The Bertz CT molecular complexity index is 1490. The van der Waals surface area contributed by atoms with Gasteiger partial charge < -0.3 is 29.6 Å². The Morgan fingerprint density at radius 2 is 1.33 bits per heavy atom.